The van der Waals surface area contributed by atoms with Gasteiger partial charge in [-0.05, 0) is 61.4 Å². The highest BCUT2D eigenvalue weighted by Gasteiger charge is 2.13. The molecule has 0 spiro atoms. The maximum atomic E-state index is 13.0. The molecule has 0 unspecified atom stereocenters. The van der Waals surface area contributed by atoms with Crippen molar-refractivity contribution >= 4 is 45.2 Å². The maximum absolute atomic E-state index is 13.0. The molecule has 0 aliphatic rings. The minimum absolute atomic E-state index is 0.0561. The average Bonchev–Trinajstić information content (AvgIpc) is 3.34. The monoisotopic (exact) mass is 404 g/mol. The maximum Gasteiger partial charge on any atom is 0.275 e. The van der Waals surface area contributed by atoms with E-state index in [0.29, 0.717) is 15.3 Å². The van der Waals surface area contributed by atoms with Gasteiger partial charge in [0.2, 0.25) is 0 Å². The van der Waals surface area contributed by atoms with E-state index in [-0.39, 0.29) is 5.56 Å². The van der Waals surface area contributed by atoms with Gasteiger partial charge in [-0.2, -0.15) is 0 Å². The highest BCUT2D eigenvalue weighted by molar-refractivity contribution is 7.99. The van der Waals surface area contributed by atoms with E-state index in [0.717, 1.165) is 26.6 Å². The number of aromatic nitrogens is 2. The van der Waals surface area contributed by atoms with Gasteiger partial charge < -0.3 is 4.42 Å². The van der Waals surface area contributed by atoms with Gasteiger partial charge in [0.15, 0.2) is 10.1 Å². The quantitative estimate of drug-likeness (QED) is 0.433. The van der Waals surface area contributed by atoms with Crippen LogP contribution >= 0.6 is 23.1 Å². The number of imidazole rings is 1. The second-order valence-corrected chi connectivity index (χ2v) is 8.73. The number of thiazole rings is 1. The van der Waals surface area contributed by atoms with Crippen LogP contribution in [0.15, 0.2) is 73.8 Å². The fraction of sp³-hybridized carbons (Fsp3) is 0.0909. The van der Waals surface area contributed by atoms with Crippen molar-refractivity contribution in [2.75, 3.05) is 0 Å². The predicted molar refractivity (Wildman–Crippen MR) is 114 cm³/mol. The Kier molecular flexibility index (Phi) is 4.10. The molecule has 0 N–H and O–H groups in total. The Bertz CT molecular complexity index is 1430. The van der Waals surface area contributed by atoms with Crippen LogP contribution in [-0.4, -0.2) is 9.38 Å². The van der Waals surface area contributed by atoms with E-state index in [9.17, 15) is 4.79 Å². The second kappa shape index (κ2) is 6.65. The zero-order valence-corrected chi connectivity index (χ0v) is 16.9. The van der Waals surface area contributed by atoms with Gasteiger partial charge in [-0.15, -0.1) is 0 Å². The second-order valence-electron chi connectivity index (χ2n) is 6.64. The molecule has 0 radical (unpaired) electrons. The molecule has 0 atom stereocenters. The van der Waals surface area contributed by atoms with Crippen LogP contribution in [0, 0.1) is 13.8 Å². The highest BCUT2D eigenvalue weighted by atomic mass is 32.2. The molecule has 5 rings (SSSR count). The molecular weight excluding hydrogens is 388 g/mol. The van der Waals surface area contributed by atoms with E-state index < -0.39 is 0 Å². The van der Waals surface area contributed by atoms with Crippen molar-refractivity contribution in [3.05, 3.63) is 86.4 Å². The zero-order chi connectivity index (χ0) is 19.3. The van der Waals surface area contributed by atoms with Crippen molar-refractivity contribution in [1.82, 2.24) is 9.38 Å². The summed E-state index contributed by atoms with van der Waals surface area (Å²) in [6, 6.07) is 17.9. The summed E-state index contributed by atoms with van der Waals surface area (Å²) in [6.45, 7) is 4.11. The topological polar surface area (TPSA) is 47.5 Å². The number of hydrogen-bond acceptors (Lipinski definition) is 5. The first kappa shape index (κ1) is 17.3. The standard InChI is InChI=1S/C22H16N2O2S2/c1-13-10-17-18(11-14(13)2)24-21(25)19(28-22(24)23-17)12-15-8-9-20(26-15)27-16-6-4-3-5-7-16/h3-12H,1-2H3/b19-12-. The van der Waals surface area contributed by atoms with Gasteiger partial charge in [0.25, 0.3) is 5.56 Å². The van der Waals surface area contributed by atoms with Crippen LogP contribution in [0.4, 0.5) is 0 Å². The van der Waals surface area contributed by atoms with Crippen LogP contribution in [-0.2, 0) is 0 Å². The Morgan fingerprint density at radius 1 is 1.07 bits per heavy atom. The Balaban J connectivity index is 1.56. The minimum Gasteiger partial charge on any atom is -0.450 e. The summed E-state index contributed by atoms with van der Waals surface area (Å²) in [5.41, 5.74) is 3.99. The molecule has 5 aromatic rings. The van der Waals surface area contributed by atoms with E-state index in [1.807, 2.05) is 61.5 Å². The summed E-state index contributed by atoms with van der Waals surface area (Å²) >= 11 is 2.94. The predicted octanol–water partition coefficient (Wildman–Crippen LogP) is 4.82. The fourth-order valence-electron chi connectivity index (χ4n) is 3.12. The molecule has 28 heavy (non-hydrogen) atoms. The molecule has 4 nitrogen and oxygen atoms in total. The number of fused-ring (bicyclic) bond motifs is 3. The van der Waals surface area contributed by atoms with Gasteiger partial charge in [-0.1, -0.05) is 41.3 Å². The Labute approximate surface area is 169 Å². The third kappa shape index (κ3) is 2.95. The number of benzene rings is 2. The number of furan rings is 1. The third-order valence-corrected chi connectivity index (χ3v) is 6.59. The van der Waals surface area contributed by atoms with Gasteiger partial charge in [-0.3, -0.25) is 4.79 Å². The first-order chi connectivity index (χ1) is 13.6. The molecule has 0 aliphatic heterocycles. The average molecular weight is 405 g/mol. The van der Waals surface area contributed by atoms with Crippen LogP contribution in [0.5, 0.6) is 0 Å². The first-order valence-corrected chi connectivity index (χ1v) is 10.5. The Morgan fingerprint density at radius 3 is 2.68 bits per heavy atom. The highest BCUT2D eigenvalue weighted by Crippen LogP contribution is 2.29. The van der Waals surface area contributed by atoms with E-state index >= 15 is 0 Å². The van der Waals surface area contributed by atoms with Gasteiger partial charge in [0.05, 0.1) is 11.0 Å². The molecule has 0 saturated carbocycles. The lowest BCUT2D eigenvalue weighted by Gasteiger charge is -1.98. The van der Waals surface area contributed by atoms with E-state index in [2.05, 4.69) is 11.9 Å². The summed E-state index contributed by atoms with van der Waals surface area (Å²) in [5, 5.41) is 0.794. The molecule has 0 amide bonds. The molecule has 3 aromatic heterocycles. The lowest BCUT2D eigenvalue weighted by molar-refractivity contribution is 0.466. The Hall–Kier alpha value is -2.83. The van der Waals surface area contributed by atoms with Gasteiger partial charge in [0, 0.05) is 11.0 Å². The molecular formula is C22H16N2O2S2. The largest absolute Gasteiger partial charge is 0.450 e. The minimum atomic E-state index is -0.0561. The number of hydrogen-bond donors (Lipinski definition) is 0. The molecule has 138 valence electrons. The SMILES string of the molecule is Cc1cc2nc3s/c(=C\c4ccc(Sc5ccccc5)o4)c(=O)n3c2cc1C. The van der Waals surface area contributed by atoms with Gasteiger partial charge in [-0.25, -0.2) is 9.38 Å². The first-order valence-electron chi connectivity index (χ1n) is 8.85. The summed E-state index contributed by atoms with van der Waals surface area (Å²) < 4.78 is 8.20. The van der Waals surface area contributed by atoms with Gasteiger partial charge in [0.1, 0.15) is 10.3 Å². The van der Waals surface area contributed by atoms with E-state index in [1.54, 1.807) is 22.2 Å². The van der Waals surface area contributed by atoms with Crippen molar-refractivity contribution < 1.29 is 4.42 Å². The molecule has 0 bridgehead atoms. The molecule has 0 fully saturated rings. The van der Waals surface area contributed by atoms with Crippen molar-refractivity contribution in [2.24, 2.45) is 0 Å². The van der Waals surface area contributed by atoms with Crippen molar-refractivity contribution in [2.45, 2.75) is 23.8 Å². The molecule has 3 heterocycles. The van der Waals surface area contributed by atoms with Crippen molar-refractivity contribution in [3.8, 4) is 0 Å². The summed E-state index contributed by atoms with van der Waals surface area (Å²) in [4.78, 5) is 19.4. The van der Waals surface area contributed by atoms with E-state index in [4.69, 9.17) is 4.42 Å². The lowest BCUT2D eigenvalue weighted by Crippen LogP contribution is -2.22. The molecule has 0 aliphatic carbocycles. The van der Waals surface area contributed by atoms with Crippen molar-refractivity contribution in [1.29, 1.82) is 0 Å². The van der Waals surface area contributed by atoms with Gasteiger partial charge >= 0.3 is 0 Å². The van der Waals surface area contributed by atoms with Crippen LogP contribution in [0.1, 0.15) is 16.9 Å². The van der Waals surface area contributed by atoms with Crippen LogP contribution in [0.3, 0.4) is 0 Å². The third-order valence-electron chi connectivity index (χ3n) is 4.69. The van der Waals surface area contributed by atoms with Crippen LogP contribution < -0.4 is 10.1 Å². The number of aryl methyl sites for hydroxylation is 2. The van der Waals surface area contributed by atoms with Crippen molar-refractivity contribution in [3.63, 3.8) is 0 Å². The normalized spacial score (nSPS) is 12.4. The smallest absolute Gasteiger partial charge is 0.275 e. The molecule has 0 saturated heterocycles. The summed E-state index contributed by atoms with van der Waals surface area (Å²) in [6.07, 6.45) is 1.80. The number of nitrogens with zero attached hydrogens (tertiary/aromatic N) is 2. The molecule has 2 aromatic carbocycles. The molecule has 6 heteroatoms. The Morgan fingerprint density at radius 2 is 1.86 bits per heavy atom. The van der Waals surface area contributed by atoms with Crippen LogP contribution in [0.2, 0.25) is 0 Å². The lowest BCUT2D eigenvalue weighted by atomic mass is 10.1. The van der Waals surface area contributed by atoms with E-state index in [1.165, 1.54) is 16.9 Å². The van der Waals surface area contributed by atoms with Crippen LogP contribution in [0.25, 0.3) is 22.1 Å². The summed E-state index contributed by atoms with van der Waals surface area (Å²) in [5.74, 6) is 0.663. The fourth-order valence-corrected chi connectivity index (χ4v) is 4.89. The zero-order valence-electron chi connectivity index (χ0n) is 15.3. The number of rotatable bonds is 3. The summed E-state index contributed by atoms with van der Waals surface area (Å²) in [7, 11) is 0.